The topological polar surface area (TPSA) is 45.8 Å². The average molecular weight is 297 g/mol. The zero-order valence-corrected chi connectivity index (χ0v) is 12.0. The first kappa shape index (κ1) is 13.6. The van der Waals surface area contributed by atoms with E-state index in [1.165, 1.54) is 6.07 Å². The van der Waals surface area contributed by atoms with Crippen LogP contribution in [0.3, 0.4) is 0 Å². The lowest BCUT2D eigenvalue weighted by Crippen LogP contribution is -2.11. The highest BCUT2D eigenvalue weighted by molar-refractivity contribution is 6.31. The van der Waals surface area contributed by atoms with Crippen molar-refractivity contribution in [3.63, 3.8) is 0 Å². The Labute approximate surface area is 127 Å². The van der Waals surface area contributed by atoms with Crippen LogP contribution in [0.5, 0.6) is 0 Å². The average Bonchev–Trinajstić information content (AvgIpc) is 2.50. The van der Waals surface area contributed by atoms with Gasteiger partial charge in [-0.15, -0.1) is 0 Å². The first-order valence-corrected chi connectivity index (χ1v) is 6.99. The number of aromatic amines is 1. The molecular weight excluding hydrogens is 284 g/mol. The van der Waals surface area contributed by atoms with E-state index in [1.54, 1.807) is 0 Å². The number of nitrogens with one attached hydrogen (secondary N) is 1. The molecule has 0 unspecified atom stereocenters. The highest BCUT2D eigenvalue weighted by atomic mass is 35.5. The Kier molecular flexibility index (Phi) is 3.84. The van der Waals surface area contributed by atoms with Crippen LogP contribution in [0.4, 0.5) is 0 Å². The molecule has 1 N–H and O–H groups in total. The summed E-state index contributed by atoms with van der Waals surface area (Å²) in [6, 6.07) is 18.7. The Bertz CT molecular complexity index is 812. The number of hydrogen-bond donors (Lipinski definition) is 1. The van der Waals surface area contributed by atoms with Crippen LogP contribution < -0.4 is 5.56 Å². The van der Waals surface area contributed by atoms with E-state index in [9.17, 15) is 4.79 Å². The fourth-order valence-corrected chi connectivity index (χ4v) is 2.37. The second kappa shape index (κ2) is 5.94. The first-order chi connectivity index (χ1) is 10.2. The normalized spacial score (nSPS) is 10.5. The standard InChI is InChI=1S/C17H13ClN2O/c18-14-9-5-4-8-13(14)10-16-19-15(11-17(21)20-16)12-6-2-1-3-7-12/h1-9,11H,10H2,(H,19,20,21). The summed E-state index contributed by atoms with van der Waals surface area (Å²) in [5.41, 5.74) is 2.36. The van der Waals surface area contributed by atoms with E-state index in [4.69, 9.17) is 11.6 Å². The molecule has 0 radical (unpaired) electrons. The van der Waals surface area contributed by atoms with Crippen molar-refractivity contribution in [1.29, 1.82) is 0 Å². The van der Waals surface area contributed by atoms with E-state index in [-0.39, 0.29) is 5.56 Å². The minimum Gasteiger partial charge on any atom is -0.310 e. The number of rotatable bonds is 3. The van der Waals surface area contributed by atoms with Crippen molar-refractivity contribution in [2.24, 2.45) is 0 Å². The Hall–Kier alpha value is -2.39. The van der Waals surface area contributed by atoms with E-state index < -0.39 is 0 Å². The van der Waals surface area contributed by atoms with Gasteiger partial charge in [0.15, 0.2) is 0 Å². The van der Waals surface area contributed by atoms with Gasteiger partial charge in [-0.1, -0.05) is 60.1 Å². The molecule has 3 nitrogen and oxygen atoms in total. The molecule has 3 aromatic rings. The zero-order valence-electron chi connectivity index (χ0n) is 11.2. The lowest BCUT2D eigenvalue weighted by Gasteiger charge is -2.06. The molecule has 0 saturated heterocycles. The number of aromatic nitrogens is 2. The molecule has 0 aliphatic carbocycles. The molecule has 0 aliphatic rings. The summed E-state index contributed by atoms with van der Waals surface area (Å²) in [4.78, 5) is 19.1. The number of benzene rings is 2. The maximum atomic E-state index is 11.8. The van der Waals surface area contributed by atoms with Gasteiger partial charge in [-0.2, -0.15) is 0 Å². The molecule has 0 bridgehead atoms. The fraction of sp³-hybridized carbons (Fsp3) is 0.0588. The van der Waals surface area contributed by atoms with Crippen LogP contribution in [0.15, 0.2) is 65.5 Å². The predicted octanol–water partition coefficient (Wildman–Crippen LogP) is 3.68. The van der Waals surface area contributed by atoms with Crippen molar-refractivity contribution in [2.45, 2.75) is 6.42 Å². The van der Waals surface area contributed by atoms with Crippen LogP contribution in [0.1, 0.15) is 11.4 Å². The molecule has 1 aromatic heterocycles. The van der Waals surface area contributed by atoms with Crippen molar-refractivity contribution in [2.75, 3.05) is 0 Å². The number of nitrogens with zero attached hydrogens (tertiary/aromatic N) is 1. The molecular formula is C17H13ClN2O. The SMILES string of the molecule is O=c1cc(-c2ccccc2)nc(Cc2ccccc2Cl)[nH]1. The van der Waals surface area contributed by atoms with E-state index in [2.05, 4.69) is 9.97 Å². The van der Waals surface area contributed by atoms with Crippen LogP contribution in [0.2, 0.25) is 5.02 Å². The van der Waals surface area contributed by atoms with Gasteiger partial charge in [-0.25, -0.2) is 4.98 Å². The maximum Gasteiger partial charge on any atom is 0.251 e. The molecule has 0 fully saturated rings. The van der Waals surface area contributed by atoms with Gasteiger partial charge < -0.3 is 4.98 Å². The van der Waals surface area contributed by atoms with Crippen molar-refractivity contribution in [3.8, 4) is 11.3 Å². The third-order valence-corrected chi connectivity index (χ3v) is 3.54. The molecule has 0 amide bonds. The molecule has 1 heterocycles. The summed E-state index contributed by atoms with van der Waals surface area (Å²) in [5.74, 6) is 0.606. The van der Waals surface area contributed by atoms with Gasteiger partial charge in [0.1, 0.15) is 5.82 Å². The largest absolute Gasteiger partial charge is 0.310 e. The zero-order chi connectivity index (χ0) is 14.7. The quantitative estimate of drug-likeness (QED) is 0.801. The Balaban J connectivity index is 1.99. The predicted molar refractivity (Wildman–Crippen MR) is 84.6 cm³/mol. The van der Waals surface area contributed by atoms with Crippen LogP contribution >= 0.6 is 11.6 Å². The van der Waals surface area contributed by atoms with Crippen molar-refractivity contribution < 1.29 is 0 Å². The monoisotopic (exact) mass is 296 g/mol. The lowest BCUT2D eigenvalue weighted by atomic mass is 10.1. The van der Waals surface area contributed by atoms with Crippen molar-refractivity contribution in [3.05, 3.63) is 87.4 Å². The molecule has 0 saturated carbocycles. The van der Waals surface area contributed by atoms with Gasteiger partial charge in [0.25, 0.3) is 5.56 Å². The molecule has 3 rings (SSSR count). The van der Waals surface area contributed by atoms with E-state index in [0.29, 0.717) is 23.0 Å². The van der Waals surface area contributed by atoms with E-state index in [1.807, 2.05) is 54.6 Å². The molecule has 0 spiro atoms. The van der Waals surface area contributed by atoms with Gasteiger partial charge in [0.05, 0.1) is 5.69 Å². The minimum atomic E-state index is -0.161. The summed E-state index contributed by atoms with van der Waals surface area (Å²) < 4.78 is 0. The minimum absolute atomic E-state index is 0.161. The highest BCUT2D eigenvalue weighted by Crippen LogP contribution is 2.19. The molecule has 4 heteroatoms. The van der Waals surface area contributed by atoms with Crippen LogP contribution in [0, 0.1) is 0 Å². The molecule has 104 valence electrons. The smallest absolute Gasteiger partial charge is 0.251 e. The second-order valence-electron chi connectivity index (χ2n) is 4.71. The molecule has 0 atom stereocenters. The van der Waals surface area contributed by atoms with Crippen LogP contribution in [-0.4, -0.2) is 9.97 Å². The summed E-state index contributed by atoms with van der Waals surface area (Å²) in [5, 5.41) is 0.672. The third-order valence-electron chi connectivity index (χ3n) is 3.18. The van der Waals surface area contributed by atoms with E-state index in [0.717, 1.165) is 11.1 Å². The Morgan fingerprint density at radius 2 is 1.71 bits per heavy atom. The summed E-state index contributed by atoms with van der Waals surface area (Å²) in [7, 11) is 0. The summed E-state index contributed by atoms with van der Waals surface area (Å²) in [6.45, 7) is 0. The number of hydrogen-bond acceptors (Lipinski definition) is 2. The third kappa shape index (κ3) is 3.20. The Morgan fingerprint density at radius 3 is 2.48 bits per heavy atom. The Morgan fingerprint density at radius 1 is 1.00 bits per heavy atom. The van der Waals surface area contributed by atoms with Gasteiger partial charge in [-0.05, 0) is 11.6 Å². The van der Waals surface area contributed by atoms with Crippen LogP contribution in [-0.2, 0) is 6.42 Å². The van der Waals surface area contributed by atoms with Crippen molar-refractivity contribution in [1.82, 2.24) is 9.97 Å². The van der Waals surface area contributed by atoms with Crippen molar-refractivity contribution >= 4 is 11.6 Å². The van der Waals surface area contributed by atoms with Crippen LogP contribution in [0.25, 0.3) is 11.3 Å². The molecule has 2 aromatic carbocycles. The second-order valence-corrected chi connectivity index (χ2v) is 5.12. The van der Waals surface area contributed by atoms with Gasteiger partial charge in [-0.3, -0.25) is 4.79 Å². The highest BCUT2D eigenvalue weighted by Gasteiger charge is 2.06. The van der Waals surface area contributed by atoms with Gasteiger partial charge >= 0.3 is 0 Å². The first-order valence-electron chi connectivity index (χ1n) is 6.61. The van der Waals surface area contributed by atoms with Gasteiger partial charge in [0.2, 0.25) is 0 Å². The van der Waals surface area contributed by atoms with E-state index >= 15 is 0 Å². The lowest BCUT2D eigenvalue weighted by molar-refractivity contribution is 0.950. The number of H-pyrrole nitrogens is 1. The maximum absolute atomic E-state index is 11.8. The summed E-state index contributed by atoms with van der Waals surface area (Å²) in [6.07, 6.45) is 0.496. The van der Waals surface area contributed by atoms with Gasteiger partial charge in [0, 0.05) is 23.1 Å². The fourth-order valence-electron chi connectivity index (χ4n) is 2.17. The number of halogens is 1. The molecule has 21 heavy (non-hydrogen) atoms. The summed E-state index contributed by atoms with van der Waals surface area (Å²) >= 11 is 6.15. The molecule has 0 aliphatic heterocycles.